The third-order valence-corrected chi connectivity index (χ3v) is 5.44. The second-order valence-electron chi connectivity index (χ2n) is 6.33. The summed E-state index contributed by atoms with van der Waals surface area (Å²) in [7, 11) is 0. The van der Waals surface area contributed by atoms with Gasteiger partial charge in [-0.1, -0.05) is 6.07 Å². The van der Waals surface area contributed by atoms with Gasteiger partial charge in [-0.15, -0.1) is 11.3 Å². The van der Waals surface area contributed by atoms with Gasteiger partial charge < -0.3 is 4.90 Å². The molecule has 3 aromatic heterocycles. The number of aromatic nitrogens is 4. The van der Waals surface area contributed by atoms with Crippen molar-refractivity contribution in [2.75, 3.05) is 11.4 Å². The summed E-state index contributed by atoms with van der Waals surface area (Å²) in [4.78, 5) is 29.2. The SMILES string of the molecule is CCN(Cc1cc(=O)n2c(-c3cncnc3)c(C)sc2n1)c1cccc(F)c1. The third kappa shape index (κ3) is 3.38. The van der Waals surface area contributed by atoms with Gasteiger partial charge in [0.2, 0.25) is 0 Å². The van der Waals surface area contributed by atoms with Crippen molar-refractivity contribution < 1.29 is 4.39 Å². The lowest BCUT2D eigenvalue weighted by Gasteiger charge is -2.22. The van der Waals surface area contributed by atoms with Gasteiger partial charge in [0, 0.05) is 41.1 Å². The molecule has 0 aliphatic rings. The molecular formula is C20H18FN5OS. The predicted molar refractivity (Wildman–Crippen MR) is 108 cm³/mol. The molecule has 0 N–H and O–H groups in total. The van der Waals surface area contributed by atoms with E-state index in [9.17, 15) is 9.18 Å². The van der Waals surface area contributed by atoms with E-state index >= 15 is 0 Å². The second kappa shape index (κ2) is 7.47. The van der Waals surface area contributed by atoms with Crippen LogP contribution >= 0.6 is 11.3 Å². The van der Waals surface area contributed by atoms with Crippen LogP contribution in [0.25, 0.3) is 16.2 Å². The maximum absolute atomic E-state index is 13.6. The highest BCUT2D eigenvalue weighted by Crippen LogP contribution is 2.28. The van der Waals surface area contributed by atoms with Gasteiger partial charge in [0.15, 0.2) is 4.96 Å². The summed E-state index contributed by atoms with van der Waals surface area (Å²) in [5.41, 5.74) is 2.79. The van der Waals surface area contributed by atoms with Crippen LogP contribution in [0, 0.1) is 12.7 Å². The minimum atomic E-state index is -0.289. The fourth-order valence-corrected chi connectivity index (χ4v) is 4.23. The summed E-state index contributed by atoms with van der Waals surface area (Å²) < 4.78 is 15.2. The van der Waals surface area contributed by atoms with Crippen LogP contribution in [0.15, 0.2) is 53.8 Å². The molecule has 0 atom stereocenters. The third-order valence-electron chi connectivity index (χ3n) is 4.48. The molecule has 28 heavy (non-hydrogen) atoms. The van der Waals surface area contributed by atoms with Gasteiger partial charge in [0.25, 0.3) is 5.56 Å². The lowest BCUT2D eigenvalue weighted by atomic mass is 10.2. The Morgan fingerprint density at radius 1 is 1.21 bits per heavy atom. The van der Waals surface area contributed by atoms with Crippen LogP contribution in [0.1, 0.15) is 17.5 Å². The fraction of sp³-hybridized carbons (Fsp3) is 0.200. The molecule has 0 saturated heterocycles. The van der Waals surface area contributed by atoms with E-state index in [0.717, 1.165) is 21.8 Å². The van der Waals surface area contributed by atoms with Crippen molar-refractivity contribution in [3.05, 3.63) is 75.8 Å². The molecule has 0 radical (unpaired) electrons. The Kier molecular flexibility index (Phi) is 4.87. The average Bonchev–Trinajstić information content (AvgIpc) is 3.03. The van der Waals surface area contributed by atoms with E-state index in [1.165, 1.54) is 35.9 Å². The van der Waals surface area contributed by atoms with Gasteiger partial charge in [-0.05, 0) is 32.0 Å². The van der Waals surface area contributed by atoms with E-state index < -0.39 is 0 Å². The number of nitrogens with zero attached hydrogens (tertiary/aromatic N) is 5. The minimum absolute atomic E-state index is 0.154. The molecule has 0 amide bonds. The zero-order chi connectivity index (χ0) is 19.7. The molecule has 0 fully saturated rings. The topological polar surface area (TPSA) is 63.4 Å². The minimum Gasteiger partial charge on any atom is -0.366 e. The van der Waals surface area contributed by atoms with E-state index in [2.05, 4.69) is 15.0 Å². The number of benzene rings is 1. The number of hydrogen-bond acceptors (Lipinski definition) is 6. The van der Waals surface area contributed by atoms with Crippen LogP contribution in [0.2, 0.25) is 0 Å². The van der Waals surface area contributed by atoms with Crippen LogP contribution in [0.4, 0.5) is 10.1 Å². The Morgan fingerprint density at radius 2 is 2.00 bits per heavy atom. The Balaban J connectivity index is 1.75. The molecule has 142 valence electrons. The van der Waals surface area contributed by atoms with Crippen LogP contribution in [-0.2, 0) is 6.54 Å². The number of fused-ring (bicyclic) bond motifs is 1. The fourth-order valence-electron chi connectivity index (χ4n) is 3.21. The van der Waals surface area contributed by atoms with Crippen molar-refractivity contribution in [3.8, 4) is 11.3 Å². The van der Waals surface area contributed by atoms with E-state index in [1.807, 2.05) is 24.8 Å². The Labute approximate surface area is 165 Å². The Bertz CT molecular complexity index is 1190. The number of rotatable bonds is 5. The molecule has 0 spiro atoms. The Hall–Kier alpha value is -3.13. The van der Waals surface area contributed by atoms with Crippen molar-refractivity contribution in [2.24, 2.45) is 0 Å². The van der Waals surface area contributed by atoms with Crippen LogP contribution in [-0.4, -0.2) is 25.9 Å². The zero-order valence-corrected chi connectivity index (χ0v) is 16.3. The molecule has 3 heterocycles. The first-order valence-corrected chi connectivity index (χ1v) is 9.66. The van der Waals surface area contributed by atoms with Gasteiger partial charge in [-0.2, -0.15) is 0 Å². The molecule has 0 unspecified atom stereocenters. The first kappa shape index (κ1) is 18.2. The molecule has 4 rings (SSSR count). The lowest BCUT2D eigenvalue weighted by molar-refractivity contribution is 0.626. The number of thiazole rings is 1. The summed E-state index contributed by atoms with van der Waals surface area (Å²) in [5, 5.41) is 0. The molecule has 6 nitrogen and oxygen atoms in total. The summed E-state index contributed by atoms with van der Waals surface area (Å²) in [5.74, 6) is -0.289. The van der Waals surface area contributed by atoms with Gasteiger partial charge in [-0.3, -0.25) is 9.20 Å². The normalized spacial score (nSPS) is 11.1. The van der Waals surface area contributed by atoms with Crippen LogP contribution in [0.5, 0.6) is 0 Å². The maximum Gasteiger partial charge on any atom is 0.259 e. The quantitative estimate of drug-likeness (QED) is 0.516. The summed E-state index contributed by atoms with van der Waals surface area (Å²) >= 11 is 1.45. The molecule has 0 saturated carbocycles. The van der Waals surface area contributed by atoms with Crippen molar-refractivity contribution in [2.45, 2.75) is 20.4 Å². The zero-order valence-electron chi connectivity index (χ0n) is 15.5. The molecule has 0 aliphatic carbocycles. The van der Waals surface area contributed by atoms with Crippen LogP contribution in [0.3, 0.4) is 0 Å². The van der Waals surface area contributed by atoms with E-state index in [0.29, 0.717) is 23.7 Å². The van der Waals surface area contributed by atoms with E-state index in [4.69, 9.17) is 0 Å². The van der Waals surface area contributed by atoms with Gasteiger partial charge in [0.05, 0.1) is 17.9 Å². The second-order valence-corrected chi connectivity index (χ2v) is 7.51. The number of hydrogen-bond donors (Lipinski definition) is 0. The molecule has 4 aromatic rings. The van der Waals surface area contributed by atoms with Crippen molar-refractivity contribution >= 4 is 22.0 Å². The Morgan fingerprint density at radius 3 is 2.71 bits per heavy atom. The predicted octanol–water partition coefficient (Wildman–Crippen LogP) is 3.69. The van der Waals surface area contributed by atoms with Gasteiger partial charge in [-0.25, -0.2) is 19.3 Å². The highest BCUT2D eigenvalue weighted by molar-refractivity contribution is 7.17. The van der Waals surface area contributed by atoms with Crippen LogP contribution < -0.4 is 10.5 Å². The number of aryl methyl sites for hydroxylation is 1. The monoisotopic (exact) mass is 395 g/mol. The largest absolute Gasteiger partial charge is 0.366 e. The summed E-state index contributed by atoms with van der Waals surface area (Å²) in [6, 6.07) is 7.96. The van der Waals surface area contributed by atoms with E-state index in [1.54, 1.807) is 22.9 Å². The molecule has 8 heteroatoms. The molecule has 1 aromatic carbocycles. The highest BCUT2D eigenvalue weighted by atomic mass is 32.1. The standard InChI is InChI=1S/C20H18FN5OS/c1-3-25(17-6-4-5-15(21)7-17)11-16-8-18(27)26-19(13(2)28-20(26)24-16)14-9-22-12-23-10-14/h4-10,12H,3,11H2,1-2H3. The average molecular weight is 395 g/mol. The van der Waals surface area contributed by atoms with Crippen molar-refractivity contribution in [1.29, 1.82) is 0 Å². The first-order valence-electron chi connectivity index (χ1n) is 8.84. The molecular weight excluding hydrogens is 377 g/mol. The maximum atomic E-state index is 13.6. The van der Waals surface area contributed by atoms with Crippen molar-refractivity contribution in [3.63, 3.8) is 0 Å². The van der Waals surface area contributed by atoms with E-state index in [-0.39, 0.29) is 11.4 Å². The lowest BCUT2D eigenvalue weighted by Crippen LogP contribution is -2.25. The number of anilines is 1. The smallest absolute Gasteiger partial charge is 0.259 e. The number of halogens is 1. The highest BCUT2D eigenvalue weighted by Gasteiger charge is 2.16. The molecule has 0 bridgehead atoms. The molecule has 0 aliphatic heterocycles. The summed E-state index contributed by atoms with van der Waals surface area (Å²) in [6.45, 7) is 5.03. The van der Waals surface area contributed by atoms with Gasteiger partial charge >= 0.3 is 0 Å². The first-order chi connectivity index (χ1) is 13.6. The van der Waals surface area contributed by atoms with Gasteiger partial charge in [0.1, 0.15) is 12.1 Å². The van der Waals surface area contributed by atoms with Crippen molar-refractivity contribution in [1.82, 2.24) is 19.4 Å². The summed E-state index contributed by atoms with van der Waals surface area (Å²) in [6.07, 6.45) is 4.83.